The van der Waals surface area contributed by atoms with Crippen molar-refractivity contribution in [3.8, 4) is 0 Å². The number of alkyl halides is 2. The van der Waals surface area contributed by atoms with Crippen molar-refractivity contribution in [1.82, 2.24) is 5.32 Å². The van der Waals surface area contributed by atoms with Crippen molar-refractivity contribution >= 4 is 0 Å². The Morgan fingerprint density at radius 3 is 2.82 bits per heavy atom. The van der Waals surface area contributed by atoms with Gasteiger partial charge in [0.2, 0.25) is 0 Å². The number of hydrogen-bond acceptors (Lipinski definition) is 2. The summed E-state index contributed by atoms with van der Waals surface area (Å²) in [6.45, 7) is 2.63. The van der Waals surface area contributed by atoms with Crippen LogP contribution in [-0.2, 0) is 4.74 Å². The number of nitrogens with one attached hydrogen (secondary N) is 1. The summed E-state index contributed by atoms with van der Waals surface area (Å²) in [5, 5.41) is 2.71. The molecule has 1 N–H and O–H groups in total. The fraction of sp³-hybridized carbons (Fsp3) is 1.00. The van der Waals surface area contributed by atoms with Gasteiger partial charge in [0, 0.05) is 19.1 Å². The van der Waals surface area contributed by atoms with E-state index in [1.807, 2.05) is 6.92 Å². The minimum absolute atomic E-state index is 0.0903. The van der Waals surface area contributed by atoms with E-state index in [0.29, 0.717) is 13.2 Å². The largest absolute Gasteiger partial charge is 0.380 e. The van der Waals surface area contributed by atoms with E-state index in [2.05, 4.69) is 5.32 Å². The first-order valence-corrected chi connectivity index (χ1v) is 3.83. The molecule has 1 fully saturated rings. The van der Waals surface area contributed by atoms with Gasteiger partial charge in [-0.25, -0.2) is 8.78 Å². The second-order valence-corrected chi connectivity index (χ2v) is 2.80. The van der Waals surface area contributed by atoms with Crippen molar-refractivity contribution in [3.63, 3.8) is 0 Å². The first kappa shape index (κ1) is 8.87. The van der Waals surface area contributed by atoms with Gasteiger partial charge in [-0.15, -0.1) is 0 Å². The Labute approximate surface area is 64.9 Å². The molecule has 0 unspecified atom stereocenters. The molecule has 1 aliphatic heterocycles. The van der Waals surface area contributed by atoms with E-state index in [0.717, 1.165) is 0 Å². The third-order valence-electron chi connectivity index (χ3n) is 1.72. The van der Waals surface area contributed by atoms with Crippen molar-refractivity contribution < 1.29 is 13.5 Å². The van der Waals surface area contributed by atoms with Crippen molar-refractivity contribution in [2.24, 2.45) is 0 Å². The predicted octanol–water partition coefficient (Wildman–Crippen LogP) is 1.02. The molecule has 0 aliphatic carbocycles. The molecule has 4 heteroatoms. The zero-order chi connectivity index (χ0) is 8.32. The molecule has 0 aromatic heterocycles. The molecule has 0 amide bonds. The van der Waals surface area contributed by atoms with Crippen LogP contribution in [0.2, 0.25) is 0 Å². The summed E-state index contributed by atoms with van der Waals surface area (Å²) in [5.41, 5.74) is 0. The molecule has 1 aliphatic rings. The van der Waals surface area contributed by atoms with Crippen LogP contribution in [0, 0.1) is 0 Å². The van der Waals surface area contributed by atoms with E-state index in [1.54, 1.807) is 0 Å². The Bertz CT molecular complexity index is 130. The fourth-order valence-corrected chi connectivity index (χ4v) is 1.18. The summed E-state index contributed by atoms with van der Waals surface area (Å²) in [7, 11) is 0. The molecule has 2 nitrogen and oxygen atoms in total. The van der Waals surface area contributed by atoms with E-state index in [9.17, 15) is 8.78 Å². The summed E-state index contributed by atoms with van der Waals surface area (Å²) < 4.78 is 30.0. The molecule has 0 radical (unpaired) electrons. The molecule has 0 bridgehead atoms. The standard InChI is InChI=1S/C7H13F2NO/c1-2-11-4-6-3-7(8,9)5-10-6/h6,10H,2-5H2,1H3/t6-/m0/s1. The van der Waals surface area contributed by atoms with Crippen LogP contribution in [0.4, 0.5) is 8.78 Å². The molecule has 1 heterocycles. The zero-order valence-electron chi connectivity index (χ0n) is 6.57. The fourth-order valence-electron chi connectivity index (χ4n) is 1.18. The molecule has 0 aromatic rings. The van der Waals surface area contributed by atoms with Crippen LogP contribution >= 0.6 is 0 Å². The van der Waals surface area contributed by atoms with E-state index in [-0.39, 0.29) is 19.0 Å². The van der Waals surface area contributed by atoms with Gasteiger partial charge in [-0.3, -0.25) is 0 Å². The quantitative estimate of drug-likeness (QED) is 0.674. The topological polar surface area (TPSA) is 21.3 Å². The Morgan fingerprint density at radius 2 is 2.36 bits per heavy atom. The molecule has 1 saturated heterocycles. The lowest BCUT2D eigenvalue weighted by molar-refractivity contribution is 0.0168. The summed E-state index contributed by atoms with van der Waals surface area (Å²) in [4.78, 5) is 0. The van der Waals surface area contributed by atoms with Crippen molar-refractivity contribution in [3.05, 3.63) is 0 Å². The SMILES string of the molecule is CCOC[C@@H]1CC(F)(F)CN1. The Hall–Kier alpha value is -0.220. The smallest absolute Gasteiger partial charge is 0.261 e. The van der Waals surface area contributed by atoms with Crippen molar-refractivity contribution in [2.75, 3.05) is 19.8 Å². The van der Waals surface area contributed by atoms with Crippen LogP contribution in [0.1, 0.15) is 13.3 Å². The number of halogens is 2. The second kappa shape index (κ2) is 3.45. The maximum absolute atomic E-state index is 12.5. The number of hydrogen-bond donors (Lipinski definition) is 1. The van der Waals surface area contributed by atoms with Gasteiger partial charge < -0.3 is 10.1 Å². The zero-order valence-corrected chi connectivity index (χ0v) is 6.57. The normalized spacial score (nSPS) is 29.2. The third-order valence-corrected chi connectivity index (χ3v) is 1.72. The molecule has 11 heavy (non-hydrogen) atoms. The first-order valence-electron chi connectivity index (χ1n) is 3.83. The lowest BCUT2D eigenvalue weighted by Crippen LogP contribution is -2.26. The summed E-state index contributed by atoms with van der Waals surface area (Å²) in [5.74, 6) is -2.53. The maximum atomic E-state index is 12.5. The predicted molar refractivity (Wildman–Crippen MR) is 37.8 cm³/mol. The lowest BCUT2D eigenvalue weighted by Gasteiger charge is -2.08. The average Bonchev–Trinajstić information content (AvgIpc) is 2.26. The van der Waals surface area contributed by atoms with Crippen LogP contribution < -0.4 is 5.32 Å². The van der Waals surface area contributed by atoms with Crippen LogP contribution in [0.15, 0.2) is 0 Å². The van der Waals surface area contributed by atoms with Crippen LogP contribution in [0.3, 0.4) is 0 Å². The molecular weight excluding hydrogens is 152 g/mol. The molecular formula is C7H13F2NO. The molecule has 0 spiro atoms. The maximum Gasteiger partial charge on any atom is 0.261 e. The minimum Gasteiger partial charge on any atom is -0.380 e. The van der Waals surface area contributed by atoms with E-state index in [1.165, 1.54) is 0 Å². The summed E-state index contributed by atoms with van der Waals surface area (Å²) in [6, 6.07) is -0.162. The molecule has 1 atom stereocenters. The number of rotatable bonds is 3. The van der Waals surface area contributed by atoms with Gasteiger partial charge in [0.15, 0.2) is 0 Å². The molecule has 66 valence electrons. The highest BCUT2D eigenvalue weighted by molar-refractivity contribution is 4.86. The summed E-state index contributed by atoms with van der Waals surface area (Å²) >= 11 is 0. The second-order valence-electron chi connectivity index (χ2n) is 2.80. The van der Waals surface area contributed by atoms with Crippen molar-refractivity contribution in [2.45, 2.75) is 25.3 Å². The van der Waals surface area contributed by atoms with E-state index >= 15 is 0 Å². The highest BCUT2D eigenvalue weighted by atomic mass is 19.3. The van der Waals surface area contributed by atoms with E-state index < -0.39 is 5.92 Å². The Balaban J connectivity index is 2.20. The summed E-state index contributed by atoms with van der Waals surface area (Å²) in [6.07, 6.45) is -0.0903. The highest BCUT2D eigenvalue weighted by Crippen LogP contribution is 2.24. The molecule has 0 aromatic carbocycles. The van der Waals surface area contributed by atoms with Gasteiger partial charge in [-0.1, -0.05) is 0 Å². The molecule has 0 saturated carbocycles. The van der Waals surface area contributed by atoms with E-state index in [4.69, 9.17) is 4.74 Å². The van der Waals surface area contributed by atoms with Gasteiger partial charge in [-0.05, 0) is 6.92 Å². The monoisotopic (exact) mass is 165 g/mol. The van der Waals surface area contributed by atoms with Gasteiger partial charge >= 0.3 is 0 Å². The Kier molecular flexibility index (Phi) is 2.78. The van der Waals surface area contributed by atoms with Crippen LogP contribution in [0.5, 0.6) is 0 Å². The average molecular weight is 165 g/mol. The minimum atomic E-state index is -2.53. The van der Waals surface area contributed by atoms with Gasteiger partial charge in [0.25, 0.3) is 5.92 Å². The Morgan fingerprint density at radius 1 is 1.64 bits per heavy atom. The lowest BCUT2D eigenvalue weighted by atomic mass is 10.2. The first-order chi connectivity index (χ1) is 5.14. The third kappa shape index (κ3) is 2.71. The van der Waals surface area contributed by atoms with Gasteiger partial charge in [0.05, 0.1) is 13.2 Å². The highest BCUT2D eigenvalue weighted by Gasteiger charge is 2.38. The van der Waals surface area contributed by atoms with Crippen LogP contribution in [0.25, 0.3) is 0 Å². The van der Waals surface area contributed by atoms with Crippen LogP contribution in [-0.4, -0.2) is 31.7 Å². The molecule has 1 rings (SSSR count). The number of ether oxygens (including phenoxy) is 1. The van der Waals surface area contributed by atoms with Gasteiger partial charge in [-0.2, -0.15) is 0 Å². The van der Waals surface area contributed by atoms with Gasteiger partial charge in [0.1, 0.15) is 0 Å². The van der Waals surface area contributed by atoms with Crippen molar-refractivity contribution in [1.29, 1.82) is 0 Å².